The molecule has 1 saturated heterocycles. The third-order valence-electron chi connectivity index (χ3n) is 3.80. The molecular weight excluding hydrogens is 240 g/mol. The van der Waals surface area contributed by atoms with Crippen LogP contribution in [-0.4, -0.2) is 32.7 Å². The van der Waals surface area contributed by atoms with E-state index in [0.717, 1.165) is 30.8 Å². The zero-order chi connectivity index (χ0) is 13.8. The summed E-state index contributed by atoms with van der Waals surface area (Å²) in [6.45, 7) is 2.94. The second-order valence-corrected chi connectivity index (χ2v) is 5.18. The third-order valence-corrected chi connectivity index (χ3v) is 3.80. The minimum Gasteiger partial charge on any atom is -0.497 e. The number of nitrogens with zero attached hydrogens (tertiary/aromatic N) is 1. The van der Waals surface area contributed by atoms with E-state index in [4.69, 9.17) is 4.74 Å². The number of rotatable bonds is 3. The van der Waals surface area contributed by atoms with Crippen LogP contribution in [0.15, 0.2) is 24.3 Å². The van der Waals surface area contributed by atoms with Gasteiger partial charge in [0.2, 0.25) is 5.91 Å². The monoisotopic (exact) mass is 262 g/mol. The van der Waals surface area contributed by atoms with Gasteiger partial charge in [0.05, 0.1) is 13.0 Å². The third kappa shape index (κ3) is 3.26. The average molecular weight is 262 g/mol. The zero-order valence-corrected chi connectivity index (χ0v) is 11.8. The number of anilines is 1. The molecule has 1 aromatic rings. The summed E-state index contributed by atoms with van der Waals surface area (Å²) in [4.78, 5) is 14.2. The Balaban J connectivity index is 2.01. The van der Waals surface area contributed by atoms with Crippen LogP contribution >= 0.6 is 0 Å². The van der Waals surface area contributed by atoms with Crippen LogP contribution in [0.1, 0.15) is 19.8 Å². The first-order valence-electron chi connectivity index (χ1n) is 6.77. The summed E-state index contributed by atoms with van der Waals surface area (Å²) in [7, 11) is 3.47. The van der Waals surface area contributed by atoms with Gasteiger partial charge in [0.1, 0.15) is 5.75 Å². The highest BCUT2D eigenvalue weighted by Gasteiger charge is 2.26. The zero-order valence-electron chi connectivity index (χ0n) is 11.8. The van der Waals surface area contributed by atoms with Crippen molar-refractivity contribution in [2.75, 3.05) is 25.6 Å². The van der Waals surface area contributed by atoms with Crippen molar-refractivity contribution in [3.8, 4) is 5.75 Å². The maximum absolute atomic E-state index is 12.4. The van der Waals surface area contributed by atoms with Crippen LogP contribution in [0.25, 0.3) is 0 Å². The first kappa shape index (κ1) is 13.9. The van der Waals surface area contributed by atoms with Crippen molar-refractivity contribution < 1.29 is 9.53 Å². The first-order valence-corrected chi connectivity index (χ1v) is 6.77. The van der Waals surface area contributed by atoms with E-state index in [0.29, 0.717) is 6.04 Å². The van der Waals surface area contributed by atoms with E-state index >= 15 is 0 Å². The van der Waals surface area contributed by atoms with Crippen molar-refractivity contribution in [2.24, 2.45) is 5.92 Å². The Hall–Kier alpha value is -1.55. The molecule has 2 atom stereocenters. The van der Waals surface area contributed by atoms with E-state index in [2.05, 4.69) is 12.2 Å². The van der Waals surface area contributed by atoms with E-state index in [1.165, 1.54) is 0 Å². The second kappa shape index (κ2) is 6.06. The normalized spacial score (nSPS) is 22.9. The number of nitrogens with one attached hydrogen (secondary N) is 1. The van der Waals surface area contributed by atoms with E-state index in [1.807, 2.05) is 31.3 Å². The molecule has 2 unspecified atom stereocenters. The van der Waals surface area contributed by atoms with Crippen LogP contribution in [0, 0.1) is 5.92 Å². The molecular formula is C15H22N2O2. The smallest absolute Gasteiger partial charge is 0.231 e. The lowest BCUT2D eigenvalue weighted by Gasteiger charge is -2.30. The van der Waals surface area contributed by atoms with Crippen molar-refractivity contribution in [3.63, 3.8) is 0 Å². The summed E-state index contributed by atoms with van der Waals surface area (Å²) < 4.78 is 5.12. The summed E-state index contributed by atoms with van der Waals surface area (Å²) in [6, 6.07) is 8.10. The van der Waals surface area contributed by atoms with Gasteiger partial charge in [-0.3, -0.25) is 4.79 Å². The molecule has 1 aliphatic rings. The number of benzene rings is 1. The molecule has 1 N–H and O–H groups in total. The Kier molecular flexibility index (Phi) is 4.43. The highest BCUT2D eigenvalue weighted by molar-refractivity contribution is 5.94. The molecule has 1 aliphatic heterocycles. The molecule has 0 saturated carbocycles. The summed E-state index contributed by atoms with van der Waals surface area (Å²) in [6.07, 6.45) is 2.03. The number of methoxy groups -OCH3 is 1. The predicted octanol–water partition coefficient (Wildman–Crippen LogP) is 2.05. The molecule has 0 aromatic heterocycles. The van der Waals surface area contributed by atoms with E-state index in [1.54, 1.807) is 12.0 Å². The molecule has 104 valence electrons. The summed E-state index contributed by atoms with van der Waals surface area (Å²) in [5, 5.41) is 3.37. The number of hydrogen-bond acceptors (Lipinski definition) is 3. The number of ether oxygens (including phenoxy) is 1. The number of carbonyl (C=O) groups excluding carboxylic acids is 1. The lowest BCUT2D eigenvalue weighted by molar-refractivity contribution is -0.122. The van der Waals surface area contributed by atoms with Gasteiger partial charge in [-0.25, -0.2) is 0 Å². The van der Waals surface area contributed by atoms with Gasteiger partial charge in [-0.15, -0.1) is 0 Å². The maximum Gasteiger partial charge on any atom is 0.231 e. The van der Waals surface area contributed by atoms with Gasteiger partial charge in [0, 0.05) is 25.3 Å². The molecule has 0 spiro atoms. The fourth-order valence-electron chi connectivity index (χ4n) is 2.42. The van der Waals surface area contributed by atoms with Crippen LogP contribution in [0.4, 0.5) is 5.69 Å². The highest BCUT2D eigenvalue weighted by atomic mass is 16.5. The fraction of sp³-hybridized carbons (Fsp3) is 0.533. The molecule has 1 heterocycles. The predicted molar refractivity (Wildman–Crippen MR) is 76.6 cm³/mol. The summed E-state index contributed by atoms with van der Waals surface area (Å²) in [5.41, 5.74) is 0.907. The summed E-state index contributed by atoms with van der Waals surface area (Å²) >= 11 is 0. The van der Waals surface area contributed by atoms with Gasteiger partial charge >= 0.3 is 0 Å². The standard InChI is InChI=1S/C15H22N2O2/c1-11-4-5-12(10-16-11)15(18)17(2)13-6-8-14(19-3)9-7-13/h6-9,11-12,16H,4-5,10H2,1-3H3. The lowest BCUT2D eigenvalue weighted by atomic mass is 9.94. The molecule has 0 radical (unpaired) electrons. The molecule has 19 heavy (non-hydrogen) atoms. The molecule has 0 aliphatic carbocycles. The second-order valence-electron chi connectivity index (χ2n) is 5.18. The highest BCUT2D eigenvalue weighted by Crippen LogP contribution is 2.22. The number of hydrogen-bond donors (Lipinski definition) is 1. The first-order chi connectivity index (χ1) is 9.11. The molecule has 4 heteroatoms. The number of amides is 1. The van der Waals surface area contributed by atoms with Crippen molar-refractivity contribution in [2.45, 2.75) is 25.8 Å². The number of carbonyl (C=O) groups is 1. The van der Waals surface area contributed by atoms with Gasteiger partial charge in [-0.05, 0) is 44.0 Å². The largest absolute Gasteiger partial charge is 0.497 e. The quantitative estimate of drug-likeness (QED) is 0.906. The Bertz CT molecular complexity index is 422. The van der Waals surface area contributed by atoms with Crippen LogP contribution in [-0.2, 0) is 4.79 Å². The average Bonchev–Trinajstić information content (AvgIpc) is 2.46. The van der Waals surface area contributed by atoms with Gasteiger partial charge in [-0.1, -0.05) is 0 Å². The molecule has 1 fully saturated rings. The fourth-order valence-corrected chi connectivity index (χ4v) is 2.42. The van der Waals surface area contributed by atoms with Crippen molar-refractivity contribution in [3.05, 3.63) is 24.3 Å². The van der Waals surface area contributed by atoms with E-state index in [9.17, 15) is 4.79 Å². The van der Waals surface area contributed by atoms with Crippen LogP contribution < -0.4 is 15.0 Å². The molecule has 1 amide bonds. The molecule has 0 bridgehead atoms. The molecule has 4 nitrogen and oxygen atoms in total. The van der Waals surface area contributed by atoms with Gasteiger partial charge in [0.15, 0.2) is 0 Å². The van der Waals surface area contributed by atoms with Gasteiger partial charge in [0.25, 0.3) is 0 Å². The van der Waals surface area contributed by atoms with Crippen molar-refractivity contribution in [1.82, 2.24) is 5.32 Å². The van der Waals surface area contributed by atoms with Crippen LogP contribution in [0.2, 0.25) is 0 Å². The van der Waals surface area contributed by atoms with Gasteiger partial charge in [-0.2, -0.15) is 0 Å². The van der Waals surface area contributed by atoms with Crippen molar-refractivity contribution >= 4 is 11.6 Å². The summed E-state index contributed by atoms with van der Waals surface area (Å²) in [5.74, 6) is 1.07. The van der Waals surface area contributed by atoms with E-state index in [-0.39, 0.29) is 11.8 Å². The molecule has 1 aromatic carbocycles. The Labute approximate surface area is 114 Å². The van der Waals surface area contributed by atoms with Gasteiger partial charge < -0.3 is 15.0 Å². The molecule has 2 rings (SSSR count). The van der Waals surface area contributed by atoms with E-state index < -0.39 is 0 Å². The Morgan fingerprint density at radius 1 is 1.32 bits per heavy atom. The number of piperidine rings is 1. The minimum atomic E-state index is 0.0864. The Morgan fingerprint density at radius 2 is 2.00 bits per heavy atom. The van der Waals surface area contributed by atoms with Crippen LogP contribution in [0.3, 0.4) is 0 Å². The SMILES string of the molecule is COc1ccc(N(C)C(=O)C2CCC(C)NC2)cc1. The van der Waals surface area contributed by atoms with Crippen LogP contribution in [0.5, 0.6) is 5.75 Å². The topological polar surface area (TPSA) is 41.6 Å². The Morgan fingerprint density at radius 3 is 2.53 bits per heavy atom. The van der Waals surface area contributed by atoms with Crippen molar-refractivity contribution in [1.29, 1.82) is 0 Å². The maximum atomic E-state index is 12.4. The minimum absolute atomic E-state index is 0.0864. The lowest BCUT2D eigenvalue weighted by Crippen LogP contribution is -2.44.